The van der Waals surface area contributed by atoms with E-state index in [1.807, 2.05) is 31.2 Å². The lowest BCUT2D eigenvalue weighted by molar-refractivity contribution is -0.146. The molecule has 1 saturated heterocycles. The highest BCUT2D eigenvalue weighted by atomic mass is 16.5. The summed E-state index contributed by atoms with van der Waals surface area (Å²) in [5.41, 5.74) is 0.898. The first-order chi connectivity index (χ1) is 12.4. The van der Waals surface area contributed by atoms with Crippen molar-refractivity contribution < 1.29 is 19.5 Å². The molecule has 1 amide bonds. The fourth-order valence-corrected chi connectivity index (χ4v) is 3.09. The van der Waals surface area contributed by atoms with Gasteiger partial charge in [-0.1, -0.05) is 29.4 Å². The summed E-state index contributed by atoms with van der Waals surface area (Å²) in [6, 6.07) is 7.84. The van der Waals surface area contributed by atoms with Crippen LogP contribution in [0.4, 0.5) is 0 Å². The van der Waals surface area contributed by atoms with Crippen molar-refractivity contribution in [1.29, 1.82) is 0 Å². The van der Waals surface area contributed by atoms with E-state index in [9.17, 15) is 15.0 Å². The Balaban J connectivity index is 1.50. The molecule has 26 heavy (non-hydrogen) atoms. The van der Waals surface area contributed by atoms with E-state index in [0.29, 0.717) is 43.9 Å². The number of nitrogens with zero attached hydrogens (tertiary/aromatic N) is 3. The first-order valence-corrected chi connectivity index (χ1v) is 8.93. The smallest absolute Gasteiger partial charge is 0.226 e. The maximum atomic E-state index is 12.3. The molecule has 2 heterocycles. The molecule has 2 atom stereocenters. The van der Waals surface area contributed by atoms with Crippen LogP contribution in [0, 0.1) is 6.92 Å². The summed E-state index contributed by atoms with van der Waals surface area (Å²) in [6.07, 6.45) is 0.934. The Labute approximate surface area is 152 Å². The van der Waals surface area contributed by atoms with Crippen LogP contribution in [0.2, 0.25) is 0 Å². The third kappa shape index (κ3) is 4.11. The minimum Gasteiger partial charge on any atom is -0.388 e. The van der Waals surface area contributed by atoms with Crippen molar-refractivity contribution in [3.8, 4) is 11.4 Å². The largest absolute Gasteiger partial charge is 0.388 e. The van der Waals surface area contributed by atoms with Crippen LogP contribution in [0.15, 0.2) is 28.8 Å². The van der Waals surface area contributed by atoms with Crippen molar-refractivity contribution in [3.63, 3.8) is 0 Å². The molecule has 1 aliphatic heterocycles. The van der Waals surface area contributed by atoms with Crippen molar-refractivity contribution in [2.45, 2.75) is 51.2 Å². The van der Waals surface area contributed by atoms with Gasteiger partial charge in [-0.25, -0.2) is 0 Å². The van der Waals surface area contributed by atoms with Gasteiger partial charge in [-0.3, -0.25) is 4.79 Å². The molecule has 0 aliphatic carbocycles. The molecule has 0 bridgehead atoms. The Morgan fingerprint density at radius 2 is 2.19 bits per heavy atom. The number of carbonyl (C=O) groups excluding carboxylic acids is 1. The maximum Gasteiger partial charge on any atom is 0.226 e. The van der Waals surface area contributed by atoms with E-state index in [1.54, 1.807) is 11.8 Å². The van der Waals surface area contributed by atoms with Crippen molar-refractivity contribution in [1.82, 2.24) is 15.0 Å². The zero-order valence-electron chi connectivity index (χ0n) is 15.2. The lowest BCUT2D eigenvalue weighted by Gasteiger charge is -2.39. The minimum atomic E-state index is -1.12. The van der Waals surface area contributed by atoms with Gasteiger partial charge >= 0.3 is 0 Å². The van der Waals surface area contributed by atoms with Crippen LogP contribution < -0.4 is 0 Å². The van der Waals surface area contributed by atoms with Crippen LogP contribution in [-0.2, 0) is 11.2 Å². The van der Waals surface area contributed by atoms with Crippen LogP contribution in [0.25, 0.3) is 11.4 Å². The van der Waals surface area contributed by atoms with E-state index in [-0.39, 0.29) is 12.5 Å². The topological polar surface area (TPSA) is 99.7 Å². The number of hydrogen-bond donors (Lipinski definition) is 2. The SMILES string of the molecule is Cc1ccccc1-c1noc(CCCC(=O)N2CC[C@](C)(O)[C@H](O)C2)n1. The second kappa shape index (κ2) is 7.55. The molecule has 1 aromatic carbocycles. The van der Waals surface area contributed by atoms with Crippen LogP contribution in [0.5, 0.6) is 0 Å². The summed E-state index contributed by atoms with van der Waals surface area (Å²) in [5, 5.41) is 23.9. The van der Waals surface area contributed by atoms with Crippen LogP contribution in [0.3, 0.4) is 0 Å². The van der Waals surface area contributed by atoms with Crippen molar-refractivity contribution in [2.75, 3.05) is 13.1 Å². The molecule has 140 valence electrons. The standard InChI is InChI=1S/C19H25N3O4/c1-13-6-3-4-7-14(13)18-20-16(26-21-18)8-5-9-17(24)22-11-10-19(2,25)15(23)12-22/h3-4,6-7,15,23,25H,5,8-12H2,1-2H3/t15-,19+/m1/s1. The quantitative estimate of drug-likeness (QED) is 0.843. The second-order valence-corrected chi connectivity index (χ2v) is 7.14. The van der Waals surface area contributed by atoms with E-state index in [0.717, 1.165) is 11.1 Å². The first-order valence-electron chi connectivity index (χ1n) is 8.93. The summed E-state index contributed by atoms with van der Waals surface area (Å²) in [4.78, 5) is 18.3. The van der Waals surface area contributed by atoms with Crippen LogP contribution in [0.1, 0.15) is 37.6 Å². The number of hydrogen-bond acceptors (Lipinski definition) is 6. The molecule has 1 fully saturated rings. The van der Waals surface area contributed by atoms with Gasteiger partial charge in [0.2, 0.25) is 17.6 Å². The predicted molar refractivity (Wildman–Crippen MR) is 95.2 cm³/mol. The molecule has 0 spiro atoms. The first kappa shape index (κ1) is 18.5. The van der Waals surface area contributed by atoms with E-state index >= 15 is 0 Å². The fourth-order valence-electron chi connectivity index (χ4n) is 3.09. The fraction of sp³-hybridized carbons (Fsp3) is 0.526. The summed E-state index contributed by atoms with van der Waals surface area (Å²) in [6.45, 7) is 4.22. The third-order valence-corrected chi connectivity index (χ3v) is 4.99. The summed E-state index contributed by atoms with van der Waals surface area (Å²) >= 11 is 0. The molecule has 3 rings (SSSR count). The number of likely N-dealkylation sites (tertiary alicyclic amines) is 1. The van der Waals surface area contributed by atoms with E-state index in [1.165, 1.54) is 0 Å². The number of aromatic nitrogens is 2. The van der Waals surface area contributed by atoms with Gasteiger partial charge < -0.3 is 19.6 Å². The Hall–Kier alpha value is -2.25. The highest BCUT2D eigenvalue weighted by Crippen LogP contribution is 2.23. The molecule has 1 aromatic heterocycles. The molecular formula is C19H25N3O4. The molecule has 7 nitrogen and oxygen atoms in total. The average Bonchev–Trinajstić information content (AvgIpc) is 3.06. The summed E-state index contributed by atoms with van der Waals surface area (Å²) < 4.78 is 5.29. The molecule has 2 N–H and O–H groups in total. The van der Waals surface area contributed by atoms with Gasteiger partial charge in [0.05, 0.1) is 11.7 Å². The van der Waals surface area contributed by atoms with Gasteiger partial charge in [0, 0.05) is 31.5 Å². The zero-order valence-corrected chi connectivity index (χ0v) is 15.2. The van der Waals surface area contributed by atoms with Crippen LogP contribution in [-0.4, -0.2) is 56.0 Å². The van der Waals surface area contributed by atoms with Gasteiger partial charge in [-0.2, -0.15) is 4.98 Å². The minimum absolute atomic E-state index is 0.0295. The highest BCUT2D eigenvalue weighted by Gasteiger charge is 2.37. The Bertz CT molecular complexity index is 772. The number of rotatable bonds is 5. The van der Waals surface area contributed by atoms with Crippen LogP contribution >= 0.6 is 0 Å². The number of β-amino-alcohol motifs (C(OH)–C–C–N with tert-alkyl or cyclic N) is 1. The van der Waals surface area contributed by atoms with Gasteiger partial charge in [-0.15, -0.1) is 0 Å². The van der Waals surface area contributed by atoms with E-state index in [2.05, 4.69) is 10.1 Å². The second-order valence-electron chi connectivity index (χ2n) is 7.14. The number of aliphatic hydroxyl groups excluding tert-OH is 1. The lowest BCUT2D eigenvalue weighted by atomic mass is 9.90. The molecule has 0 saturated carbocycles. The number of amides is 1. The molecule has 7 heteroatoms. The number of benzene rings is 1. The van der Waals surface area contributed by atoms with Gasteiger partial charge in [-0.05, 0) is 32.3 Å². The van der Waals surface area contributed by atoms with Gasteiger partial charge in [0.1, 0.15) is 0 Å². The maximum absolute atomic E-state index is 12.3. The zero-order chi connectivity index (χ0) is 18.7. The monoisotopic (exact) mass is 359 g/mol. The van der Waals surface area contributed by atoms with E-state index < -0.39 is 11.7 Å². The predicted octanol–water partition coefficient (Wildman–Crippen LogP) is 1.71. The average molecular weight is 359 g/mol. The molecule has 2 aromatic rings. The molecule has 0 radical (unpaired) electrons. The Morgan fingerprint density at radius 1 is 1.42 bits per heavy atom. The van der Waals surface area contributed by atoms with Crippen molar-refractivity contribution in [2.24, 2.45) is 0 Å². The number of piperidine rings is 1. The number of aryl methyl sites for hydroxylation is 2. The normalized spacial score (nSPS) is 23.2. The highest BCUT2D eigenvalue weighted by molar-refractivity contribution is 5.76. The number of carbonyl (C=O) groups is 1. The Kier molecular flexibility index (Phi) is 5.38. The van der Waals surface area contributed by atoms with Crippen molar-refractivity contribution in [3.05, 3.63) is 35.7 Å². The van der Waals surface area contributed by atoms with Gasteiger partial charge in [0.25, 0.3) is 0 Å². The Morgan fingerprint density at radius 3 is 2.92 bits per heavy atom. The summed E-state index contributed by atoms with van der Waals surface area (Å²) in [5.74, 6) is 1.04. The third-order valence-electron chi connectivity index (χ3n) is 4.99. The van der Waals surface area contributed by atoms with Crippen molar-refractivity contribution >= 4 is 5.91 Å². The molecular weight excluding hydrogens is 334 g/mol. The molecule has 0 unspecified atom stereocenters. The summed E-state index contributed by atoms with van der Waals surface area (Å²) in [7, 11) is 0. The van der Waals surface area contributed by atoms with E-state index in [4.69, 9.17) is 4.52 Å². The number of aliphatic hydroxyl groups is 2. The molecule has 1 aliphatic rings. The van der Waals surface area contributed by atoms with Gasteiger partial charge in [0.15, 0.2) is 0 Å². The lowest BCUT2D eigenvalue weighted by Crippen LogP contribution is -2.55.